The highest BCUT2D eigenvalue weighted by atomic mass is 16.6. The fraction of sp³-hybridized carbons (Fsp3) is 0.871. The Kier molecular flexibility index (Phi) is 23.1. The fourth-order valence-corrected chi connectivity index (χ4v) is 4.37. The second-order valence-corrected chi connectivity index (χ2v) is 11.8. The molecule has 0 bridgehead atoms. The lowest BCUT2D eigenvalue weighted by atomic mass is 10.1. The molecule has 0 aliphatic heterocycles. The van der Waals surface area contributed by atoms with Gasteiger partial charge in [0.05, 0.1) is 0 Å². The molecule has 0 heterocycles. The molecule has 0 aliphatic carbocycles. The molecule has 234 valence electrons. The van der Waals surface area contributed by atoms with Gasteiger partial charge in [-0.15, -0.1) is 0 Å². The van der Waals surface area contributed by atoms with Gasteiger partial charge < -0.3 is 25.8 Å². The molecule has 0 saturated carbocycles. The Hall–Kier alpha value is -2.32. The largest absolute Gasteiger partial charge is 0.481 e. The van der Waals surface area contributed by atoms with Gasteiger partial charge >= 0.3 is 12.1 Å². The molecule has 0 saturated heterocycles. The Morgan fingerprint density at radius 2 is 1.18 bits per heavy atom. The molecule has 3 amide bonds. The minimum atomic E-state index is -0.740. The summed E-state index contributed by atoms with van der Waals surface area (Å²) in [6, 6.07) is -0.688. The zero-order valence-electron chi connectivity index (χ0n) is 25.9. The van der Waals surface area contributed by atoms with Gasteiger partial charge in [-0.05, 0) is 59.3 Å². The summed E-state index contributed by atoms with van der Waals surface area (Å²) < 4.78 is 5.34. The zero-order chi connectivity index (χ0) is 30.1. The normalized spacial score (nSPS) is 12.0. The molecule has 40 heavy (non-hydrogen) atoms. The van der Waals surface area contributed by atoms with Crippen LogP contribution in [-0.2, 0) is 19.1 Å². The third-order valence-electron chi connectivity index (χ3n) is 6.62. The number of rotatable bonds is 25. The van der Waals surface area contributed by atoms with Crippen LogP contribution >= 0.6 is 0 Å². The van der Waals surface area contributed by atoms with Crippen LogP contribution in [-0.4, -0.2) is 53.7 Å². The quantitative estimate of drug-likeness (QED) is 0.0912. The predicted molar refractivity (Wildman–Crippen MR) is 160 cm³/mol. The summed E-state index contributed by atoms with van der Waals surface area (Å²) in [5.41, 5.74) is -0.654. The molecule has 0 aromatic rings. The number of unbranched alkanes of at least 4 members (excludes halogenated alkanes) is 13. The number of ether oxygens (including phenoxy) is 1. The first-order valence-electron chi connectivity index (χ1n) is 15.8. The SMILES string of the molecule is CCCCCCCCCC(=O)NCCCCC(NC(=O)OC(C)(C)C)C(=O)NCCCCCCCCCC(=O)O. The average molecular weight is 570 g/mol. The van der Waals surface area contributed by atoms with Crippen molar-refractivity contribution < 1.29 is 29.0 Å². The van der Waals surface area contributed by atoms with Gasteiger partial charge in [0.25, 0.3) is 0 Å². The van der Waals surface area contributed by atoms with E-state index in [9.17, 15) is 19.2 Å². The van der Waals surface area contributed by atoms with E-state index in [1.165, 1.54) is 32.1 Å². The number of hydrogen-bond donors (Lipinski definition) is 4. The van der Waals surface area contributed by atoms with E-state index < -0.39 is 23.7 Å². The van der Waals surface area contributed by atoms with Crippen LogP contribution in [0.4, 0.5) is 4.79 Å². The fourth-order valence-electron chi connectivity index (χ4n) is 4.37. The smallest absolute Gasteiger partial charge is 0.408 e. The van der Waals surface area contributed by atoms with Crippen molar-refractivity contribution in [3.8, 4) is 0 Å². The monoisotopic (exact) mass is 569 g/mol. The Labute approximate surface area is 243 Å². The molecule has 0 aromatic heterocycles. The number of carbonyl (C=O) groups is 4. The number of carboxylic acid groups (broad SMARTS) is 1. The molecule has 9 heteroatoms. The van der Waals surface area contributed by atoms with Crippen molar-refractivity contribution in [3.05, 3.63) is 0 Å². The number of carbonyl (C=O) groups excluding carboxylic acids is 3. The molecule has 1 atom stereocenters. The lowest BCUT2D eigenvalue weighted by Crippen LogP contribution is -2.48. The second kappa shape index (κ2) is 24.5. The van der Waals surface area contributed by atoms with Crippen molar-refractivity contribution in [1.82, 2.24) is 16.0 Å². The predicted octanol–water partition coefficient (Wildman–Crippen LogP) is 6.63. The van der Waals surface area contributed by atoms with Crippen molar-refractivity contribution >= 4 is 23.9 Å². The highest BCUT2D eigenvalue weighted by Gasteiger charge is 2.23. The van der Waals surface area contributed by atoms with E-state index in [0.717, 1.165) is 64.2 Å². The van der Waals surface area contributed by atoms with E-state index in [0.29, 0.717) is 32.4 Å². The summed E-state index contributed by atoms with van der Waals surface area (Å²) in [6.45, 7) is 8.65. The van der Waals surface area contributed by atoms with Gasteiger partial charge in [-0.1, -0.05) is 77.6 Å². The van der Waals surface area contributed by atoms with Gasteiger partial charge in [0.1, 0.15) is 11.6 Å². The minimum absolute atomic E-state index is 0.0787. The van der Waals surface area contributed by atoms with Gasteiger partial charge in [-0.3, -0.25) is 14.4 Å². The van der Waals surface area contributed by atoms with Crippen LogP contribution in [0.2, 0.25) is 0 Å². The van der Waals surface area contributed by atoms with Crippen LogP contribution in [0.1, 0.15) is 150 Å². The van der Waals surface area contributed by atoms with Crippen molar-refractivity contribution in [2.24, 2.45) is 0 Å². The molecule has 9 nitrogen and oxygen atoms in total. The van der Waals surface area contributed by atoms with E-state index in [-0.39, 0.29) is 18.2 Å². The summed E-state index contributed by atoms with van der Waals surface area (Å²) in [4.78, 5) is 47.7. The van der Waals surface area contributed by atoms with Crippen LogP contribution in [0.25, 0.3) is 0 Å². The van der Waals surface area contributed by atoms with Crippen molar-refractivity contribution in [3.63, 3.8) is 0 Å². The van der Waals surface area contributed by atoms with Crippen molar-refractivity contribution in [1.29, 1.82) is 0 Å². The molecule has 0 radical (unpaired) electrons. The topological polar surface area (TPSA) is 134 Å². The van der Waals surface area contributed by atoms with Crippen molar-refractivity contribution in [2.75, 3.05) is 13.1 Å². The standard InChI is InChI=1S/C31H59N3O6/c1-5-6-7-8-10-13-16-22-27(35)32-24-20-18-21-26(34-30(39)40-31(2,3)4)29(38)33-25-19-15-12-9-11-14-17-23-28(36)37/h26H,5-25H2,1-4H3,(H,32,35)(H,33,38)(H,34,39)(H,36,37). The summed E-state index contributed by atoms with van der Waals surface area (Å²) in [6.07, 6.45) is 17.0. The van der Waals surface area contributed by atoms with E-state index in [1.54, 1.807) is 20.8 Å². The molecule has 0 aliphatic rings. The maximum atomic E-state index is 12.8. The Bertz CT molecular complexity index is 693. The summed E-state index contributed by atoms with van der Waals surface area (Å²) in [5, 5.41) is 17.3. The molecule has 0 rings (SSSR count). The average Bonchev–Trinajstić information content (AvgIpc) is 2.87. The number of hydrogen-bond acceptors (Lipinski definition) is 5. The first-order chi connectivity index (χ1) is 19.0. The van der Waals surface area contributed by atoms with E-state index in [1.807, 2.05) is 0 Å². The van der Waals surface area contributed by atoms with Gasteiger partial charge in [0, 0.05) is 25.9 Å². The molecule has 1 unspecified atom stereocenters. The number of carboxylic acids is 1. The van der Waals surface area contributed by atoms with E-state index in [2.05, 4.69) is 22.9 Å². The van der Waals surface area contributed by atoms with Crippen LogP contribution in [0.3, 0.4) is 0 Å². The van der Waals surface area contributed by atoms with Crippen molar-refractivity contribution in [2.45, 2.75) is 161 Å². The second-order valence-electron chi connectivity index (χ2n) is 11.8. The van der Waals surface area contributed by atoms with E-state index in [4.69, 9.17) is 9.84 Å². The Morgan fingerprint density at radius 3 is 1.75 bits per heavy atom. The summed E-state index contributed by atoms with van der Waals surface area (Å²) in [7, 11) is 0. The number of alkyl carbamates (subject to hydrolysis) is 1. The maximum absolute atomic E-state index is 12.8. The molecule has 0 aromatic carbocycles. The minimum Gasteiger partial charge on any atom is -0.481 e. The van der Waals surface area contributed by atoms with Crippen LogP contribution in [0, 0.1) is 0 Å². The third kappa shape index (κ3) is 25.9. The Morgan fingerprint density at radius 1 is 0.675 bits per heavy atom. The maximum Gasteiger partial charge on any atom is 0.408 e. The van der Waals surface area contributed by atoms with Crippen LogP contribution < -0.4 is 16.0 Å². The number of amides is 3. The third-order valence-corrected chi connectivity index (χ3v) is 6.62. The zero-order valence-corrected chi connectivity index (χ0v) is 25.9. The number of aliphatic carboxylic acids is 1. The molecule has 0 spiro atoms. The van der Waals surface area contributed by atoms with Gasteiger partial charge in [0.2, 0.25) is 11.8 Å². The van der Waals surface area contributed by atoms with E-state index >= 15 is 0 Å². The molecule has 0 fully saturated rings. The number of nitrogens with one attached hydrogen (secondary N) is 3. The van der Waals surface area contributed by atoms with Gasteiger partial charge in [-0.2, -0.15) is 0 Å². The lowest BCUT2D eigenvalue weighted by Gasteiger charge is -2.23. The highest BCUT2D eigenvalue weighted by molar-refractivity contribution is 5.85. The first-order valence-corrected chi connectivity index (χ1v) is 15.8. The van der Waals surface area contributed by atoms with Crippen LogP contribution in [0.15, 0.2) is 0 Å². The molecular formula is C31H59N3O6. The van der Waals surface area contributed by atoms with Crippen LogP contribution in [0.5, 0.6) is 0 Å². The first kappa shape index (κ1) is 37.7. The molecule has 4 N–H and O–H groups in total. The summed E-state index contributed by atoms with van der Waals surface area (Å²) in [5.74, 6) is -0.881. The lowest BCUT2D eigenvalue weighted by molar-refractivity contribution is -0.137. The Balaban J connectivity index is 4.24. The highest BCUT2D eigenvalue weighted by Crippen LogP contribution is 2.11. The van der Waals surface area contributed by atoms with Gasteiger partial charge in [-0.25, -0.2) is 4.79 Å². The summed E-state index contributed by atoms with van der Waals surface area (Å²) >= 11 is 0. The van der Waals surface area contributed by atoms with Gasteiger partial charge in [0.15, 0.2) is 0 Å². The molecular weight excluding hydrogens is 510 g/mol.